The Morgan fingerprint density at radius 1 is 0.667 bits per heavy atom. The SMILES string of the molecule is COc1cc(OC)cc(-c2c(C#Cc3ccsc3)c3cc(-c4cc(OC)c(OC)c(OC)c4)ccc3n2C)c1. The summed E-state index contributed by atoms with van der Waals surface area (Å²) >= 11 is 1.63. The minimum absolute atomic E-state index is 0.557. The second-order valence-corrected chi connectivity index (χ2v) is 9.57. The van der Waals surface area contributed by atoms with Gasteiger partial charge in [0, 0.05) is 40.5 Å². The number of thiophene rings is 1. The number of hydrogen-bond donors (Lipinski definition) is 0. The van der Waals surface area contributed by atoms with Gasteiger partial charge >= 0.3 is 0 Å². The molecule has 2 heterocycles. The highest BCUT2D eigenvalue weighted by Crippen LogP contribution is 2.43. The second-order valence-electron chi connectivity index (χ2n) is 8.79. The van der Waals surface area contributed by atoms with Crippen molar-refractivity contribution >= 4 is 22.2 Å². The lowest BCUT2D eigenvalue weighted by Gasteiger charge is -2.14. The molecule has 0 unspecified atom stereocenters. The lowest BCUT2D eigenvalue weighted by atomic mass is 9.99. The van der Waals surface area contributed by atoms with E-state index in [1.54, 1.807) is 46.9 Å². The van der Waals surface area contributed by atoms with E-state index in [1.807, 2.05) is 47.2 Å². The van der Waals surface area contributed by atoms with Gasteiger partial charge in [-0.3, -0.25) is 0 Å². The predicted octanol–water partition coefficient (Wildman–Crippen LogP) is 7.02. The number of hydrogen-bond acceptors (Lipinski definition) is 6. The molecule has 7 heteroatoms. The molecule has 0 spiro atoms. The Bertz CT molecular complexity index is 1660. The number of benzene rings is 3. The van der Waals surface area contributed by atoms with Crippen molar-refractivity contribution in [3.8, 4) is 63.0 Å². The van der Waals surface area contributed by atoms with Gasteiger partial charge in [-0.1, -0.05) is 17.9 Å². The maximum Gasteiger partial charge on any atom is 0.203 e. The standard InChI is InChI=1S/C32H29NO5S/c1-33-28-10-8-21(22-16-29(36-4)32(38-6)30(17-22)37-5)15-27(28)26(9-7-20-11-12-39-19-20)31(33)23-13-24(34-2)18-25(14-23)35-3/h8,10-19H,1-6H3. The van der Waals surface area contributed by atoms with Crippen LogP contribution >= 0.6 is 11.3 Å². The molecular weight excluding hydrogens is 510 g/mol. The van der Waals surface area contributed by atoms with E-state index in [9.17, 15) is 0 Å². The van der Waals surface area contributed by atoms with Crippen molar-refractivity contribution in [2.24, 2.45) is 7.05 Å². The van der Waals surface area contributed by atoms with E-state index in [0.29, 0.717) is 28.7 Å². The minimum Gasteiger partial charge on any atom is -0.497 e. The molecule has 39 heavy (non-hydrogen) atoms. The number of aryl methyl sites for hydroxylation is 1. The summed E-state index contributed by atoms with van der Waals surface area (Å²) in [5, 5.41) is 5.11. The second kappa shape index (κ2) is 11.1. The molecule has 5 aromatic rings. The molecule has 5 rings (SSSR count). The summed E-state index contributed by atoms with van der Waals surface area (Å²) in [4.78, 5) is 0. The molecule has 0 saturated carbocycles. The van der Waals surface area contributed by atoms with Crippen molar-refractivity contribution in [2.75, 3.05) is 35.5 Å². The van der Waals surface area contributed by atoms with E-state index in [0.717, 1.165) is 44.4 Å². The van der Waals surface area contributed by atoms with Crippen molar-refractivity contribution in [3.05, 3.63) is 76.5 Å². The molecule has 0 radical (unpaired) electrons. The first-order valence-electron chi connectivity index (χ1n) is 12.2. The largest absolute Gasteiger partial charge is 0.497 e. The van der Waals surface area contributed by atoms with Crippen LogP contribution in [-0.4, -0.2) is 40.1 Å². The van der Waals surface area contributed by atoms with E-state index in [2.05, 4.69) is 41.7 Å². The Morgan fingerprint density at radius 3 is 1.92 bits per heavy atom. The number of aromatic nitrogens is 1. The van der Waals surface area contributed by atoms with Gasteiger partial charge < -0.3 is 28.3 Å². The van der Waals surface area contributed by atoms with E-state index >= 15 is 0 Å². The number of methoxy groups -OCH3 is 5. The Balaban J connectivity index is 1.78. The van der Waals surface area contributed by atoms with Crippen LogP contribution in [0, 0.1) is 11.8 Å². The fourth-order valence-corrected chi connectivity index (χ4v) is 5.34. The van der Waals surface area contributed by atoms with Gasteiger partial charge in [0.05, 0.1) is 46.8 Å². The Kier molecular flexibility index (Phi) is 7.40. The maximum atomic E-state index is 5.60. The van der Waals surface area contributed by atoms with Crippen LogP contribution in [0.15, 0.2) is 65.4 Å². The van der Waals surface area contributed by atoms with E-state index in [4.69, 9.17) is 23.7 Å². The number of fused-ring (bicyclic) bond motifs is 1. The molecule has 0 amide bonds. The molecule has 0 saturated heterocycles. The quantitative estimate of drug-likeness (QED) is 0.208. The van der Waals surface area contributed by atoms with Gasteiger partial charge in [0.1, 0.15) is 11.5 Å². The summed E-state index contributed by atoms with van der Waals surface area (Å²) in [5.74, 6) is 10.0. The Labute approximate surface area is 232 Å². The Hall–Kier alpha value is -4.54. The first-order valence-corrected chi connectivity index (χ1v) is 13.2. The third-order valence-corrected chi connectivity index (χ3v) is 7.36. The summed E-state index contributed by atoms with van der Waals surface area (Å²) in [6.07, 6.45) is 0. The van der Waals surface area contributed by atoms with Crippen LogP contribution in [0.3, 0.4) is 0 Å². The van der Waals surface area contributed by atoms with Crippen LogP contribution < -0.4 is 23.7 Å². The van der Waals surface area contributed by atoms with Gasteiger partial charge in [-0.25, -0.2) is 0 Å². The van der Waals surface area contributed by atoms with Crippen LogP contribution in [0.25, 0.3) is 33.3 Å². The van der Waals surface area contributed by atoms with Crippen LogP contribution in [-0.2, 0) is 7.05 Å². The third-order valence-electron chi connectivity index (χ3n) is 6.68. The fourth-order valence-electron chi connectivity index (χ4n) is 4.75. The summed E-state index contributed by atoms with van der Waals surface area (Å²) in [5.41, 5.74) is 6.82. The van der Waals surface area contributed by atoms with Crippen LogP contribution in [0.2, 0.25) is 0 Å². The average Bonchev–Trinajstić information content (AvgIpc) is 3.60. The van der Waals surface area contributed by atoms with Gasteiger partial charge in [-0.05, 0) is 59.0 Å². The van der Waals surface area contributed by atoms with Crippen molar-refractivity contribution < 1.29 is 23.7 Å². The highest BCUT2D eigenvalue weighted by molar-refractivity contribution is 7.08. The van der Waals surface area contributed by atoms with Gasteiger partial charge in [-0.15, -0.1) is 0 Å². The zero-order valence-electron chi connectivity index (χ0n) is 22.7. The number of rotatable bonds is 7. The topological polar surface area (TPSA) is 51.1 Å². The monoisotopic (exact) mass is 539 g/mol. The predicted molar refractivity (Wildman–Crippen MR) is 157 cm³/mol. The molecule has 6 nitrogen and oxygen atoms in total. The van der Waals surface area contributed by atoms with Crippen molar-refractivity contribution in [1.82, 2.24) is 4.57 Å². The van der Waals surface area contributed by atoms with Crippen molar-refractivity contribution in [3.63, 3.8) is 0 Å². The summed E-state index contributed by atoms with van der Waals surface area (Å²) in [7, 11) is 10.2. The molecule has 3 aromatic carbocycles. The highest BCUT2D eigenvalue weighted by atomic mass is 32.1. The van der Waals surface area contributed by atoms with E-state index in [1.165, 1.54) is 0 Å². The van der Waals surface area contributed by atoms with Gasteiger partial charge in [0.15, 0.2) is 11.5 Å². The molecule has 0 N–H and O–H groups in total. The number of nitrogens with zero attached hydrogens (tertiary/aromatic N) is 1. The lowest BCUT2D eigenvalue weighted by Crippen LogP contribution is -1.96. The fraction of sp³-hybridized carbons (Fsp3) is 0.188. The first kappa shape index (κ1) is 26.1. The normalized spacial score (nSPS) is 10.6. The molecule has 0 aliphatic carbocycles. The third kappa shape index (κ3) is 4.87. The molecular formula is C32H29NO5S. The van der Waals surface area contributed by atoms with Gasteiger partial charge in [0.25, 0.3) is 0 Å². The van der Waals surface area contributed by atoms with Crippen molar-refractivity contribution in [1.29, 1.82) is 0 Å². The summed E-state index contributed by atoms with van der Waals surface area (Å²) in [6, 6.07) is 18.2. The maximum absolute atomic E-state index is 5.60. The van der Waals surface area contributed by atoms with Crippen LogP contribution in [0.4, 0.5) is 0 Å². The molecule has 198 valence electrons. The van der Waals surface area contributed by atoms with Crippen LogP contribution in [0.5, 0.6) is 28.7 Å². The molecule has 0 atom stereocenters. The van der Waals surface area contributed by atoms with Crippen LogP contribution in [0.1, 0.15) is 11.1 Å². The van der Waals surface area contributed by atoms with Gasteiger partial charge in [-0.2, -0.15) is 11.3 Å². The Morgan fingerprint density at radius 2 is 1.36 bits per heavy atom. The number of ether oxygens (including phenoxy) is 5. The van der Waals surface area contributed by atoms with Crippen molar-refractivity contribution in [2.45, 2.75) is 0 Å². The molecule has 0 bridgehead atoms. The average molecular weight is 540 g/mol. The zero-order chi connectivity index (χ0) is 27.5. The van der Waals surface area contributed by atoms with Gasteiger partial charge in [0.2, 0.25) is 5.75 Å². The smallest absolute Gasteiger partial charge is 0.203 e. The minimum atomic E-state index is 0.557. The molecule has 0 aliphatic rings. The first-order chi connectivity index (χ1) is 19.0. The molecule has 0 aliphatic heterocycles. The highest BCUT2D eigenvalue weighted by Gasteiger charge is 2.20. The summed E-state index contributed by atoms with van der Waals surface area (Å²) < 4.78 is 30.0. The zero-order valence-corrected chi connectivity index (χ0v) is 23.6. The van der Waals surface area contributed by atoms with E-state index < -0.39 is 0 Å². The molecule has 0 fully saturated rings. The lowest BCUT2D eigenvalue weighted by molar-refractivity contribution is 0.324. The van der Waals surface area contributed by atoms with E-state index in [-0.39, 0.29) is 0 Å². The molecule has 2 aromatic heterocycles. The summed E-state index contributed by atoms with van der Waals surface area (Å²) in [6.45, 7) is 0.